The van der Waals surface area contributed by atoms with Gasteiger partial charge in [0.2, 0.25) is 0 Å². The molecule has 0 unspecified atom stereocenters. The second-order valence-corrected chi connectivity index (χ2v) is 7.64. The minimum atomic E-state index is -0.263. The minimum Gasteiger partial charge on any atom is -0.285 e. The highest BCUT2D eigenvalue weighted by Crippen LogP contribution is 2.24. The van der Waals surface area contributed by atoms with Crippen LogP contribution in [-0.4, -0.2) is 10.5 Å². The van der Waals surface area contributed by atoms with Crippen LogP contribution >= 0.6 is 22.9 Å². The molecule has 4 rings (SSSR count). The van der Waals surface area contributed by atoms with E-state index in [9.17, 15) is 4.79 Å². The van der Waals surface area contributed by atoms with Crippen LogP contribution in [0.2, 0.25) is 5.02 Å². The molecule has 0 fully saturated rings. The molecule has 0 N–H and O–H groups in total. The van der Waals surface area contributed by atoms with Gasteiger partial charge >= 0.3 is 0 Å². The molecule has 0 saturated carbocycles. The molecule has 1 heterocycles. The Hall–Kier alpha value is -2.95. The molecule has 0 aliphatic rings. The lowest BCUT2D eigenvalue weighted by molar-refractivity contribution is 0.0998. The van der Waals surface area contributed by atoms with E-state index in [0.29, 0.717) is 15.4 Å². The molecule has 4 aromatic rings. The quantitative estimate of drug-likeness (QED) is 0.418. The van der Waals surface area contributed by atoms with Gasteiger partial charge < -0.3 is 0 Å². The maximum Gasteiger partial charge on any atom is 0.279 e. The maximum absolute atomic E-state index is 12.6. The van der Waals surface area contributed by atoms with Crippen molar-refractivity contribution in [1.82, 2.24) is 4.57 Å². The maximum atomic E-state index is 12.6. The van der Waals surface area contributed by atoms with Crippen LogP contribution in [0.3, 0.4) is 0 Å². The summed E-state index contributed by atoms with van der Waals surface area (Å²) >= 11 is 7.51. The SMILES string of the molecule is Cc1ccc(-c2csc(=NC(=O)c3ccccc3)n2-c2ccc(Cl)cc2)cc1. The monoisotopic (exact) mass is 404 g/mol. The number of amides is 1. The third-order valence-electron chi connectivity index (χ3n) is 4.36. The average molecular weight is 405 g/mol. The highest BCUT2D eigenvalue weighted by Gasteiger charge is 2.12. The predicted octanol–water partition coefficient (Wildman–Crippen LogP) is 5.91. The van der Waals surface area contributed by atoms with E-state index < -0.39 is 0 Å². The minimum absolute atomic E-state index is 0.263. The number of aryl methyl sites for hydroxylation is 1. The van der Waals surface area contributed by atoms with Gasteiger partial charge in [0.05, 0.1) is 5.69 Å². The Balaban J connectivity index is 1.89. The second kappa shape index (κ2) is 7.97. The van der Waals surface area contributed by atoms with E-state index >= 15 is 0 Å². The van der Waals surface area contributed by atoms with Crippen LogP contribution in [0.1, 0.15) is 15.9 Å². The first-order valence-corrected chi connectivity index (χ1v) is 10.1. The topological polar surface area (TPSA) is 34.4 Å². The van der Waals surface area contributed by atoms with E-state index in [2.05, 4.69) is 36.2 Å². The van der Waals surface area contributed by atoms with Crippen molar-refractivity contribution in [3.63, 3.8) is 0 Å². The fourth-order valence-corrected chi connectivity index (χ4v) is 3.92. The third-order valence-corrected chi connectivity index (χ3v) is 5.44. The number of halogens is 1. The second-order valence-electron chi connectivity index (χ2n) is 6.36. The summed E-state index contributed by atoms with van der Waals surface area (Å²) in [5.74, 6) is -0.263. The van der Waals surface area contributed by atoms with Crippen LogP contribution in [-0.2, 0) is 0 Å². The van der Waals surface area contributed by atoms with Crippen molar-refractivity contribution in [2.45, 2.75) is 6.92 Å². The van der Waals surface area contributed by atoms with Crippen LogP contribution < -0.4 is 4.80 Å². The molecular formula is C23H17ClN2OS. The number of thiazole rings is 1. The molecule has 0 atom stereocenters. The summed E-state index contributed by atoms with van der Waals surface area (Å²) in [6, 6.07) is 24.9. The van der Waals surface area contributed by atoms with Gasteiger partial charge in [0.15, 0.2) is 4.80 Å². The summed E-state index contributed by atoms with van der Waals surface area (Å²) in [4.78, 5) is 17.7. The fraction of sp³-hybridized carbons (Fsp3) is 0.0435. The molecule has 3 nitrogen and oxygen atoms in total. The van der Waals surface area contributed by atoms with Crippen molar-refractivity contribution in [3.05, 3.63) is 105 Å². The van der Waals surface area contributed by atoms with Gasteiger partial charge in [0.25, 0.3) is 5.91 Å². The van der Waals surface area contributed by atoms with Gasteiger partial charge in [-0.05, 0) is 48.9 Å². The number of benzene rings is 3. The van der Waals surface area contributed by atoms with Crippen molar-refractivity contribution in [2.75, 3.05) is 0 Å². The first kappa shape index (κ1) is 18.4. The molecule has 0 radical (unpaired) electrons. The predicted molar refractivity (Wildman–Crippen MR) is 115 cm³/mol. The molecule has 1 aromatic heterocycles. The normalized spacial score (nSPS) is 11.6. The fourth-order valence-electron chi connectivity index (χ4n) is 2.89. The van der Waals surface area contributed by atoms with Gasteiger partial charge in [-0.15, -0.1) is 11.3 Å². The van der Waals surface area contributed by atoms with Gasteiger partial charge in [0, 0.05) is 21.7 Å². The van der Waals surface area contributed by atoms with Crippen LogP contribution in [0.15, 0.2) is 89.2 Å². The van der Waals surface area contributed by atoms with E-state index in [4.69, 9.17) is 11.6 Å². The van der Waals surface area contributed by atoms with Gasteiger partial charge in [-0.25, -0.2) is 0 Å². The molecule has 28 heavy (non-hydrogen) atoms. The average Bonchev–Trinajstić information content (AvgIpc) is 3.13. The lowest BCUT2D eigenvalue weighted by atomic mass is 10.1. The van der Waals surface area contributed by atoms with E-state index in [1.54, 1.807) is 12.1 Å². The summed E-state index contributed by atoms with van der Waals surface area (Å²) in [6.45, 7) is 2.06. The van der Waals surface area contributed by atoms with Gasteiger partial charge in [-0.3, -0.25) is 9.36 Å². The van der Waals surface area contributed by atoms with Gasteiger partial charge in [-0.1, -0.05) is 59.6 Å². The molecule has 0 aliphatic carbocycles. The van der Waals surface area contributed by atoms with Crippen molar-refractivity contribution in [3.8, 4) is 16.9 Å². The highest BCUT2D eigenvalue weighted by atomic mass is 35.5. The molecule has 1 amide bonds. The largest absolute Gasteiger partial charge is 0.285 e. The zero-order valence-electron chi connectivity index (χ0n) is 15.2. The number of aromatic nitrogens is 1. The van der Waals surface area contributed by atoms with Crippen molar-refractivity contribution in [2.24, 2.45) is 4.99 Å². The summed E-state index contributed by atoms with van der Waals surface area (Å²) in [6.07, 6.45) is 0. The van der Waals surface area contributed by atoms with Crippen LogP contribution in [0, 0.1) is 6.92 Å². The van der Waals surface area contributed by atoms with Gasteiger partial charge in [-0.2, -0.15) is 4.99 Å². The van der Waals surface area contributed by atoms with E-state index in [1.807, 2.05) is 52.4 Å². The van der Waals surface area contributed by atoms with E-state index in [0.717, 1.165) is 16.9 Å². The Morgan fingerprint density at radius 3 is 2.29 bits per heavy atom. The molecular weight excluding hydrogens is 388 g/mol. The zero-order valence-corrected chi connectivity index (χ0v) is 16.7. The summed E-state index contributed by atoms with van der Waals surface area (Å²) in [5.41, 5.74) is 4.70. The Morgan fingerprint density at radius 1 is 0.929 bits per heavy atom. The Morgan fingerprint density at radius 2 is 1.61 bits per heavy atom. The lowest BCUT2D eigenvalue weighted by Crippen LogP contribution is -2.16. The zero-order chi connectivity index (χ0) is 19.5. The number of hydrogen-bond donors (Lipinski definition) is 0. The van der Waals surface area contributed by atoms with Crippen molar-refractivity contribution in [1.29, 1.82) is 0 Å². The number of nitrogens with zero attached hydrogens (tertiary/aromatic N) is 2. The van der Waals surface area contributed by atoms with Crippen LogP contribution in [0.25, 0.3) is 16.9 Å². The number of hydrogen-bond acceptors (Lipinski definition) is 2. The molecule has 5 heteroatoms. The van der Waals surface area contributed by atoms with Crippen molar-refractivity contribution >= 4 is 28.8 Å². The lowest BCUT2D eigenvalue weighted by Gasteiger charge is -2.10. The molecule has 0 aliphatic heterocycles. The van der Waals surface area contributed by atoms with E-state index in [1.165, 1.54) is 16.9 Å². The molecule has 0 saturated heterocycles. The first-order chi connectivity index (χ1) is 13.6. The molecule has 138 valence electrons. The number of carbonyl (C=O) groups is 1. The summed E-state index contributed by atoms with van der Waals surface area (Å²) in [7, 11) is 0. The molecule has 3 aromatic carbocycles. The highest BCUT2D eigenvalue weighted by molar-refractivity contribution is 7.07. The summed E-state index contributed by atoms with van der Waals surface area (Å²) < 4.78 is 1.99. The molecule has 0 spiro atoms. The Bertz CT molecular complexity index is 1170. The summed E-state index contributed by atoms with van der Waals surface area (Å²) in [5, 5.41) is 2.69. The smallest absolute Gasteiger partial charge is 0.279 e. The van der Waals surface area contributed by atoms with Crippen molar-refractivity contribution < 1.29 is 4.79 Å². The Kier molecular flexibility index (Phi) is 5.24. The Labute approximate surface area is 172 Å². The van der Waals surface area contributed by atoms with Crippen LogP contribution in [0.5, 0.6) is 0 Å². The number of carbonyl (C=O) groups excluding carboxylic acids is 1. The van der Waals surface area contributed by atoms with Gasteiger partial charge in [0.1, 0.15) is 0 Å². The van der Waals surface area contributed by atoms with Crippen LogP contribution in [0.4, 0.5) is 0 Å². The molecule has 0 bridgehead atoms. The number of rotatable bonds is 3. The standard InChI is InChI=1S/C23H17ClN2OS/c1-16-7-9-17(10-8-16)21-15-28-23(25-22(27)18-5-3-2-4-6-18)26(21)20-13-11-19(24)12-14-20/h2-15H,1H3. The first-order valence-electron chi connectivity index (χ1n) is 8.79. The van der Waals surface area contributed by atoms with E-state index in [-0.39, 0.29) is 5.91 Å². The third kappa shape index (κ3) is 3.84.